The smallest absolute Gasteiger partial charge is 0.191 e. The minimum atomic E-state index is -0.130. The Morgan fingerprint density at radius 2 is 1.86 bits per heavy atom. The van der Waals surface area contributed by atoms with Crippen LogP contribution in [0.4, 0.5) is 5.69 Å². The molecule has 0 aliphatic carbocycles. The summed E-state index contributed by atoms with van der Waals surface area (Å²) in [6, 6.07) is 19.5. The summed E-state index contributed by atoms with van der Waals surface area (Å²) in [4.78, 5) is 6.83. The van der Waals surface area contributed by atoms with Gasteiger partial charge in [0.25, 0.3) is 0 Å². The number of hydrogen-bond acceptors (Lipinski definition) is 3. The lowest BCUT2D eigenvalue weighted by Gasteiger charge is -2.21. The fourth-order valence-corrected chi connectivity index (χ4v) is 3.45. The van der Waals surface area contributed by atoms with Crippen molar-refractivity contribution < 1.29 is 4.74 Å². The second kappa shape index (κ2) is 9.79. The number of rotatable bonds is 6. The van der Waals surface area contributed by atoms with Crippen LogP contribution in [0.1, 0.15) is 38.3 Å². The summed E-state index contributed by atoms with van der Waals surface area (Å²) in [5.74, 6) is 0.848. The molecular weight excluding hydrogens is 360 g/mol. The van der Waals surface area contributed by atoms with Crippen LogP contribution in [0.25, 0.3) is 0 Å². The summed E-state index contributed by atoms with van der Waals surface area (Å²) in [6.45, 7) is 9.65. The van der Waals surface area contributed by atoms with Crippen LogP contribution in [0, 0.1) is 0 Å². The van der Waals surface area contributed by atoms with Gasteiger partial charge in [0.2, 0.25) is 0 Å². The molecule has 1 aliphatic rings. The molecule has 5 nitrogen and oxygen atoms in total. The van der Waals surface area contributed by atoms with Gasteiger partial charge in [0.1, 0.15) is 0 Å². The molecule has 2 N–H and O–H groups in total. The van der Waals surface area contributed by atoms with Gasteiger partial charge in [-0.05, 0) is 50.5 Å². The molecular formula is C24H34N4O. The lowest BCUT2D eigenvalue weighted by atomic mass is 10.1. The molecule has 1 aliphatic heterocycles. The molecule has 5 heteroatoms. The van der Waals surface area contributed by atoms with Gasteiger partial charge in [-0.15, -0.1) is 0 Å². The van der Waals surface area contributed by atoms with Crippen LogP contribution in [0.5, 0.6) is 0 Å². The Bertz CT molecular complexity index is 798. The Labute approximate surface area is 175 Å². The van der Waals surface area contributed by atoms with Crippen molar-refractivity contribution in [2.45, 2.75) is 52.0 Å². The van der Waals surface area contributed by atoms with Crippen molar-refractivity contribution in [3.63, 3.8) is 0 Å². The monoisotopic (exact) mass is 394 g/mol. The normalized spacial score (nSPS) is 17.4. The van der Waals surface area contributed by atoms with Crippen molar-refractivity contribution in [1.82, 2.24) is 10.6 Å². The number of anilines is 1. The molecule has 0 aromatic heterocycles. The predicted molar refractivity (Wildman–Crippen MR) is 121 cm³/mol. The molecule has 29 heavy (non-hydrogen) atoms. The van der Waals surface area contributed by atoms with E-state index in [9.17, 15) is 0 Å². The van der Waals surface area contributed by atoms with E-state index in [0.717, 1.165) is 32.0 Å². The first-order valence-corrected chi connectivity index (χ1v) is 10.4. The van der Waals surface area contributed by atoms with Crippen LogP contribution >= 0.6 is 0 Å². The van der Waals surface area contributed by atoms with Crippen molar-refractivity contribution in [1.29, 1.82) is 0 Å². The van der Waals surface area contributed by atoms with Gasteiger partial charge in [-0.1, -0.05) is 42.5 Å². The van der Waals surface area contributed by atoms with E-state index < -0.39 is 0 Å². The highest BCUT2D eigenvalue weighted by Gasteiger charge is 2.23. The lowest BCUT2D eigenvalue weighted by Crippen LogP contribution is -2.44. The maximum absolute atomic E-state index is 5.89. The van der Waals surface area contributed by atoms with Gasteiger partial charge in [-0.3, -0.25) is 4.99 Å². The maximum atomic E-state index is 5.89. The number of aliphatic imine (C=N–C) groups is 1. The molecule has 1 saturated heterocycles. The second-order valence-corrected chi connectivity index (χ2v) is 8.56. The van der Waals surface area contributed by atoms with E-state index in [1.807, 2.05) is 7.05 Å². The minimum absolute atomic E-state index is 0.130. The fourth-order valence-electron chi connectivity index (χ4n) is 3.45. The maximum Gasteiger partial charge on any atom is 0.191 e. The molecule has 0 spiro atoms. The summed E-state index contributed by atoms with van der Waals surface area (Å²) < 4.78 is 5.89. The highest BCUT2D eigenvalue weighted by atomic mass is 16.5. The SMILES string of the molecule is CN=C(NCc1cccc(COC(C)(C)C)c1)NC1CCN(c2ccccc2)C1. The Balaban J connectivity index is 1.49. The highest BCUT2D eigenvalue weighted by Crippen LogP contribution is 2.19. The Hall–Kier alpha value is -2.53. The van der Waals surface area contributed by atoms with Crippen LogP contribution in [0.3, 0.4) is 0 Å². The van der Waals surface area contributed by atoms with E-state index in [4.69, 9.17) is 4.74 Å². The Morgan fingerprint density at radius 1 is 1.10 bits per heavy atom. The van der Waals surface area contributed by atoms with E-state index in [2.05, 4.69) is 95.9 Å². The van der Waals surface area contributed by atoms with Gasteiger partial charge in [0, 0.05) is 38.4 Å². The second-order valence-electron chi connectivity index (χ2n) is 8.56. The van der Waals surface area contributed by atoms with Crippen LogP contribution in [0.2, 0.25) is 0 Å². The quantitative estimate of drug-likeness (QED) is 0.575. The summed E-state index contributed by atoms with van der Waals surface area (Å²) in [5.41, 5.74) is 3.57. The number of nitrogens with one attached hydrogen (secondary N) is 2. The summed E-state index contributed by atoms with van der Waals surface area (Å²) in [7, 11) is 1.83. The lowest BCUT2D eigenvalue weighted by molar-refractivity contribution is -0.0149. The zero-order chi connectivity index (χ0) is 20.7. The molecule has 2 aromatic rings. The van der Waals surface area contributed by atoms with Crippen molar-refractivity contribution in [3.8, 4) is 0 Å². The number of nitrogens with zero attached hydrogens (tertiary/aromatic N) is 2. The standard InChI is InChI=1S/C24H34N4O/c1-24(2,3)29-18-20-10-8-9-19(15-20)16-26-23(25-4)27-21-13-14-28(17-21)22-11-6-5-7-12-22/h5-12,15,21H,13-14,16-18H2,1-4H3,(H2,25,26,27). The third-order valence-corrected chi connectivity index (χ3v) is 5.00. The van der Waals surface area contributed by atoms with Crippen LogP contribution in [-0.2, 0) is 17.9 Å². The zero-order valence-electron chi connectivity index (χ0n) is 18.1. The van der Waals surface area contributed by atoms with E-state index in [1.54, 1.807) is 0 Å². The number of ether oxygens (including phenoxy) is 1. The predicted octanol–water partition coefficient (Wildman–Crippen LogP) is 3.95. The fraction of sp³-hybridized carbons (Fsp3) is 0.458. The molecule has 156 valence electrons. The molecule has 0 amide bonds. The summed E-state index contributed by atoms with van der Waals surface area (Å²) in [5, 5.41) is 7.01. The van der Waals surface area contributed by atoms with Crippen LogP contribution in [-0.4, -0.2) is 37.7 Å². The molecule has 1 atom stereocenters. The first-order valence-electron chi connectivity index (χ1n) is 10.4. The highest BCUT2D eigenvalue weighted by molar-refractivity contribution is 5.80. The molecule has 1 unspecified atom stereocenters. The Morgan fingerprint density at radius 3 is 2.59 bits per heavy atom. The topological polar surface area (TPSA) is 48.9 Å². The Kier molecular flexibility index (Phi) is 7.15. The summed E-state index contributed by atoms with van der Waals surface area (Å²) in [6.07, 6.45) is 1.11. The average Bonchev–Trinajstić information content (AvgIpc) is 3.18. The van der Waals surface area contributed by atoms with E-state index in [1.165, 1.54) is 16.8 Å². The third-order valence-electron chi connectivity index (χ3n) is 5.00. The number of hydrogen-bond donors (Lipinski definition) is 2. The molecule has 0 saturated carbocycles. The van der Waals surface area contributed by atoms with Crippen molar-refractivity contribution >= 4 is 11.6 Å². The van der Waals surface area contributed by atoms with Crippen LogP contribution in [0.15, 0.2) is 59.6 Å². The van der Waals surface area contributed by atoms with Gasteiger partial charge in [0.05, 0.1) is 12.2 Å². The summed E-state index contributed by atoms with van der Waals surface area (Å²) >= 11 is 0. The van der Waals surface area contributed by atoms with E-state index in [-0.39, 0.29) is 5.60 Å². The first kappa shape index (κ1) is 21.2. The molecule has 3 rings (SSSR count). The largest absolute Gasteiger partial charge is 0.371 e. The number of para-hydroxylation sites is 1. The number of guanidine groups is 1. The number of benzene rings is 2. The van der Waals surface area contributed by atoms with Crippen molar-refractivity contribution in [3.05, 3.63) is 65.7 Å². The van der Waals surface area contributed by atoms with Crippen molar-refractivity contribution in [2.24, 2.45) is 4.99 Å². The molecule has 0 radical (unpaired) electrons. The molecule has 0 bridgehead atoms. The van der Waals surface area contributed by atoms with Gasteiger partial charge in [-0.2, -0.15) is 0 Å². The zero-order valence-corrected chi connectivity index (χ0v) is 18.1. The van der Waals surface area contributed by atoms with Crippen molar-refractivity contribution in [2.75, 3.05) is 25.0 Å². The molecule has 1 fully saturated rings. The van der Waals surface area contributed by atoms with E-state index >= 15 is 0 Å². The van der Waals surface area contributed by atoms with Gasteiger partial charge >= 0.3 is 0 Å². The van der Waals surface area contributed by atoms with Crippen LogP contribution < -0.4 is 15.5 Å². The third kappa shape index (κ3) is 6.79. The molecule has 2 aromatic carbocycles. The van der Waals surface area contributed by atoms with Gasteiger partial charge < -0.3 is 20.3 Å². The van der Waals surface area contributed by atoms with E-state index in [0.29, 0.717) is 12.6 Å². The molecule has 1 heterocycles. The van der Waals surface area contributed by atoms with Gasteiger partial charge in [-0.25, -0.2) is 0 Å². The van der Waals surface area contributed by atoms with Gasteiger partial charge in [0.15, 0.2) is 5.96 Å². The minimum Gasteiger partial charge on any atom is -0.371 e. The first-order chi connectivity index (χ1) is 13.9. The average molecular weight is 395 g/mol.